The molecule has 22 heavy (non-hydrogen) atoms. The van der Waals surface area contributed by atoms with Gasteiger partial charge in [0.1, 0.15) is 0 Å². The lowest BCUT2D eigenvalue weighted by Crippen LogP contribution is -2.44. The second-order valence-corrected chi connectivity index (χ2v) is 5.77. The fraction of sp³-hybridized carbons (Fsp3) is 0.467. The van der Waals surface area contributed by atoms with Crippen molar-refractivity contribution in [3.05, 3.63) is 35.2 Å². The van der Waals surface area contributed by atoms with Crippen LogP contribution in [-0.4, -0.2) is 54.5 Å². The average molecular weight is 323 g/mol. The molecule has 0 bridgehead atoms. The number of halogens is 1. The SMILES string of the molecule is CN1CCO[C@@H](CNCc2nnc(-c3ccccc3Cl)o2)C1. The van der Waals surface area contributed by atoms with E-state index >= 15 is 0 Å². The normalized spacial score (nSPS) is 19.5. The van der Waals surface area contributed by atoms with Crippen LogP contribution in [-0.2, 0) is 11.3 Å². The third kappa shape index (κ3) is 3.84. The van der Waals surface area contributed by atoms with E-state index in [1.54, 1.807) is 6.07 Å². The summed E-state index contributed by atoms with van der Waals surface area (Å²) in [6.45, 7) is 3.97. The summed E-state index contributed by atoms with van der Waals surface area (Å²) in [5.74, 6) is 0.982. The van der Waals surface area contributed by atoms with Crippen molar-refractivity contribution in [2.45, 2.75) is 12.6 Å². The van der Waals surface area contributed by atoms with E-state index in [1.165, 1.54) is 0 Å². The van der Waals surface area contributed by atoms with Crippen LogP contribution in [0.15, 0.2) is 28.7 Å². The molecule has 1 saturated heterocycles. The first-order valence-electron chi connectivity index (χ1n) is 7.30. The summed E-state index contributed by atoms with van der Waals surface area (Å²) >= 11 is 6.12. The van der Waals surface area contributed by atoms with E-state index in [0.29, 0.717) is 23.3 Å². The van der Waals surface area contributed by atoms with E-state index < -0.39 is 0 Å². The van der Waals surface area contributed by atoms with Gasteiger partial charge in [-0.25, -0.2) is 0 Å². The van der Waals surface area contributed by atoms with Crippen LogP contribution >= 0.6 is 11.6 Å². The van der Waals surface area contributed by atoms with Gasteiger partial charge in [-0.05, 0) is 19.2 Å². The molecule has 118 valence electrons. The minimum Gasteiger partial charge on any atom is -0.419 e. The van der Waals surface area contributed by atoms with Crippen molar-refractivity contribution in [2.24, 2.45) is 0 Å². The number of aromatic nitrogens is 2. The van der Waals surface area contributed by atoms with Gasteiger partial charge in [0.2, 0.25) is 11.8 Å². The number of rotatable bonds is 5. The van der Waals surface area contributed by atoms with Crippen molar-refractivity contribution >= 4 is 11.6 Å². The molecule has 1 aromatic heterocycles. The van der Waals surface area contributed by atoms with Crippen molar-refractivity contribution < 1.29 is 9.15 Å². The topological polar surface area (TPSA) is 63.4 Å². The molecule has 0 aliphatic carbocycles. The Morgan fingerprint density at radius 3 is 3.05 bits per heavy atom. The van der Waals surface area contributed by atoms with Crippen LogP contribution in [0, 0.1) is 0 Å². The van der Waals surface area contributed by atoms with Crippen LogP contribution in [0.5, 0.6) is 0 Å². The molecular weight excluding hydrogens is 304 g/mol. The molecule has 0 unspecified atom stereocenters. The lowest BCUT2D eigenvalue weighted by molar-refractivity contribution is -0.0184. The highest BCUT2D eigenvalue weighted by Crippen LogP contribution is 2.26. The number of morpholine rings is 1. The van der Waals surface area contributed by atoms with Crippen LogP contribution in [0.4, 0.5) is 0 Å². The zero-order chi connectivity index (χ0) is 15.4. The number of hydrogen-bond donors (Lipinski definition) is 1. The van der Waals surface area contributed by atoms with Gasteiger partial charge in [-0.15, -0.1) is 10.2 Å². The van der Waals surface area contributed by atoms with Gasteiger partial charge in [0, 0.05) is 19.6 Å². The molecule has 1 N–H and O–H groups in total. The fourth-order valence-electron chi connectivity index (χ4n) is 2.40. The predicted octanol–water partition coefficient (Wildman–Crippen LogP) is 1.81. The summed E-state index contributed by atoms with van der Waals surface area (Å²) in [7, 11) is 2.10. The van der Waals surface area contributed by atoms with Gasteiger partial charge in [-0.2, -0.15) is 0 Å². The predicted molar refractivity (Wildman–Crippen MR) is 83.7 cm³/mol. The summed E-state index contributed by atoms with van der Waals surface area (Å²) in [5, 5.41) is 12.0. The summed E-state index contributed by atoms with van der Waals surface area (Å²) in [5.41, 5.74) is 0.750. The van der Waals surface area contributed by atoms with Gasteiger partial charge in [0.25, 0.3) is 0 Å². The smallest absolute Gasteiger partial charge is 0.249 e. The molecular formula is C15H19ClN4O2. The van der Waals surface area contributed by atoms with E-state index in [0.717, 1.165) is 31.8 Å². The second kappa shape index (κ2) is 7.19. The molecule has 1 atom stereocenters. The quantitative estimate of drug-likeness (QED) is 0.906. The standard InChI is InChI=1S/C15H19ClN4O2/c1-20-6-7-21-11(10-20)8-17-9-14-18-19-15(22-14)12-4-2-3-5-13(12)16/h2-5,11,17H,6-10H2,1H3/t11-/m0/s1. The van der Waals surface area contributed by atoms with E-state index in [9.17, 15) is 0 Å². The zero-order valence-electron chi connectivity index (χ0n) is 12.5. The molecule has 1 fully saturated rings. The van der Waals surface area contributed by atoms with Gasteiger partial charge in [0.15, 0.2) is 0 Å². The van der Waals surface area contributed by atoms with Crippen molar-refractivity contribution in [1.29, 1.82) is 0 Å². The molecule has 6 nitrogen and oxygen atoms in total. The van der Waals surface area contributed by atoms with E-state index in [4.69, 9.17) is 20.8 Å². The number of nitrogens with zero attached hydrogens (tertiary/aromatic N) is 3. The first-order valence-corrected chi connectivity index (χ1v) is 7.68. The summed E-state index contributed by atoms with van der Waals surface area (Å²) in [6.07, 6.45) is 0.199. The third-order valence-corrected chi connectivity index (χ3v) is 3.89. The van der Waals surface area contributed by atoms with Gasteiger partial charge in [-0.1, -0.05) is 23.7 Å². The Morgan fingerprint density at radius 1 is 1.36 bits per heavy atom. The van der Waals surface area contributed by atoms with E-state index in [2.05, 4.69) is 27.5 Å². The Bertz CT molecular complexity index is 619. The molecule has 1 aromatic carbocycles. The lowest BCUT2D eigenvalue weighted by Gasteiger charge is -2.30. The highest BCUT2D eigenvalue weighted by Gasteiger charge is 2.17. The van der Waals surface area contributed by atoms with Crippen LogP contribution in [0.1, 0.15) is 5.89 Å². The highest BCUT2D eigenvalue weighted by atomic mass is 35.5. The second-order valence-electron chi connectivity index (χ2n) is 5.37. The van der Waals surface area contributed by atoms with E-state index in [1.807, 2.05) is 18.2 Å². The van der Waals surface area contributed by atoms with Crippen LogP contribution in [0.3, 0.4) is 0 Å². The van der Waals surface area contributed by atoms with Crippen molar-refractivity contribution in [3.63, 3.8) is 0 Å². The van der Waals surface area contributed by atoms with Crippen molar-refractivity contribution in [3.8, 4) is 11.5 Å². The molecule has 0 radical (unpaired) electrons. The van der Waals surface area contributed by atoms with Crippen LogP contribution in [0.2, 0.25) is 5.02 Å². The first-order chi connectivity index (χ1) is 10.7. The summed E-state index contributed by atoms with van der Waals surface area (Å²) in [4.78, 5) is 2.26. The number of benzene rings is 1. The maximum absolute atomic E-state index is 6.12. The molecule has 1 aliphatic heterocycles. The Balaban J connectivity index is 1.53. The zero-order valence-corrected chi connectivity index (χ0v) is 13.2. The third-order valence-electron chi connectivity index (χ3n) is 3.56. The van der Waals surface area contributed by atoms with Gasteiger partial charge >= 0.3 is 0 Å². The minimum atomic E-state index is 0.199. The summed E-state index contributed by atoms with van der Waals surface area (Å²) in [6, 6.07) is 7.42. The number of ether oxygens (including phenoxy) is 1. The maximum atomic E-state index is 6.12. The van der Waals surface area contributed by atoms with Gasteiger partial charge in [-0.3, -0.25) is 0 Å². The maximum Gasteiger partial charge on any atom is 0.249 e. The van der Waals surface area contributed by atoms with Gasteiger partial charge < -0.3 is 19.4 Å². The Kier molecular flexibility index (Phi) is 5.04. The molecule has 0 saturated carbocycles. The minimum absolute atomic E-state index is 0.199. The molecule has 7 heteroatoms. The first kappa shape index (κ1) is 15.4. The molecule has 2 heterocycles. The lowest BCUT2D eigenvalue weighted by atomic mass is 10.2. The van der Waals surface area contributed by atoms with E-state index in [-0.39, 0.29) is 6.10 Å². The Morgan fingerprint density at radius 2 is 2.23 bits per heavy atom. The van der Waals surface area contributed by atoms with Crippen molar-refractivity contribution in [2.75, 3.05) is 33.3 Å². The molecule has 1 aliphatic rings. The van der Waals surface area contributed by atoms with Crippen molar-refractivity contribution in [1.82, 2.24) is 20.4 Å². The molecule has 0 spiro atoms. The largest absolute Gasteiger partial charge is 0.419 e. The molecule has 2 aromatic rings. The average Bonchev–Trinajstić information content (AvgIpc) is 2.96. The number of nitrogens with one attached hydrogen (secondary N) is 1. The van der Waals surface area contributed by atoms with Crippen LogP contribution in [0.25, 0.3) is 11.5 Å². The van der Waals surface area contributed by atoms with Crippen LogP contribution < -0.4 is 5.32 Å². The highest BCUT2D eigenvalue weighted by molar-refractivity contribution is 6.33. The number of hydrogen-bond acceptors (Lipinski definition) is 6. The van der Waals surface area contributed by atoms with Gasteiger partial charge in [0.05, 0.1) is 29.8 Å². The Labute approximate surface area is 134 Å². The molecule has 0 amide bonds. The number of likely N-dealkylation sites (N-methyl/N-ethyl adjacent to an activating group) is 1. The fourth-order valence-corrected chi connectivity index (χ4v) is 2.62. The Hall–Kier alpha value is -1.47. The molecule has 3 rings (SSSR count). The summed E-state index contributed by atoms with van der Waals surface area (Å²) < 4.78 is 11.3. The monoisotopic (exact) mass is 322 g/mol.